The van der Waals surface area contributed by atoms with Crippen LogP contribution in [0.2, 0.25) is 0 Å². The number of sulfonamides is 1. The molecule has 1 aliphatic rings. The quantitative estimate of drug-likeness (QED) is 0.779. The average Bonchev–Trinajstić information content (AvgIpc) is 2.68. The van der Waals surface area contributed by atoms with Gasteiger partial charge in [-0.05, 0) is 36.2 Å². The van der Waals surface area contributed by atoms with Gasteiger partial charge in [0, 0.05) is 26.2 Å². The van der Waals surface area contributed by atoms with E-state index < -0.39 is 10.0 Å². The lowest BCUT2D eigenvalue weighted by Gasteiger charge is -2.33. The zero-order chi connectivity index (χ0) is 18.6. The summed E-state index contributed by atoms with van der Waals surface area (Å²) >= 11 is 0. The number of anilines is 2. The summed E-state index contributed by atoms with van der Waals surface area (Å²) in [7, 11) is -3.64. The fourth-order valence-corrected chi connectivity index (χ4v) is 3.85. The van der Waals surface area contributed by atoms with Gasteiger partial charge in [0.1, 0.15) is 5.82 Å². The number of hydrogen-bond acceptors (Lipinski definition) is 5. The molecule has 0 unspecified atom stereocenters. The minimum atomic E-state index is -3.64. The van der Waals surface area contributed by atoms with Crippen LogP contribution in [0.25, 0.3) is 0 Å². The molecular formula is C18H22N4O3S. The Hall–Kier alpha value is -2.61. The number of hydrogen-bond donors (Lipinski definition) is 1. The van der Waals surface area contributed by atoms with Crippen molar-refractivity contribution in [2.24, 2.45) is 0 Å². The van der Waals surface area contributed by atoms with Crippen LogP contribution in [0.15, 0.2) is 47.5 Å². The Balaban J connectivity index is 1.67. The normalized spacial score (nSPS) is 15.0. The van der Waals surface area contributed by atoms with Gasteiger partial charge in [0.2, 0.25) is 6.41 Å². The molecule has 2 aromatic rings. The summed E-state index contributed by atoms with van der Waals surface area (Å²) in [5, 5.41) is 0. The second kappa shape index (κ2) is 7.74. The number of aromatic nitrogens is 1. The first-order valence-electron chi connectivity index (χ1n) is 8.54. The zero-order valence-corrected chi connectivity index (χ0v) is 15.4. The maximum absolute atomic E-state index is 12.5. The first kappa shape index (κ1) is 18.2. The van der Waals surface area contributed by atoms with E-state index in [2.05, 4.69) is 14.6 Å². The third-order valence-electron chi connectivity index (χ3n) is 4.43. The molecule has 138 valence electrons. The van der Waals surface area contributed by atoms with Crippen LogP contribution in [0.4, 0.5) is 11.5 Å². The number of rotatable bonds is 6. The Morgan fingerprint density at radius 2 is 1.77 bits per heavy atom. The molecule has 8 heteroatoms. The van der Waals surface area contributed by atoms with Crippen molar-refractivity contribution in [3.8, 4) is 0 Å². The highest BCUT2D eigenvalue weighted by atomic mass is 32.2. The van der Waals surface area contributed by atoms with Crippen LogP contribution in [-0.2, 0) is 21.2 Å². The lowest BCUT2D eigenvalue weighted by molar-refractivity contribution is -0.118. The number of nitrogens with zero attached hydrogens (tertiary/aromatic N) is 3. The summed E-state index contributed by atoms with van der Waals surface area (Å²) in [6.45, 7) is 4.76. The first-order chi connectivity index (χ1) is 12.5. The largest absolute Gasteiger partial charge is 0.353 e. The molecule has 3 rings (SSSR count). The molecule has 0 aliphatic carbocycles. The van der Waals surface area contributed by atoms with E-state index in [1.807, 2.05) is 19.1 Å². The van der Waals surface area contributed by atoms with Crippen molar-refractivity contribution in [3.63, 3.8) is 0 Å². The second-order valence-electron chi connectivity index (χ2n) is 6.14. The molecule has 1 saturated heterocycles. The monoisotopic (exact) mass is 374 g/mol. The molecule has 1 amide bonds. The summed E-state index contributed by atoms with van der Waals surface area (Å²) in [5.41, 5.74) is 1.50. The number of nitrogens with one attached hydrogen (secondary N) is 1. The van der Waals surface area contributed by atoms with Crippen molar-refractivity contribution >= 4 is 27.9 Å². The van der Waals surface area contributed by atoms with Gasteiger partial charge in [-0.15, -0.1) is 0 Å². The van der Waals surface area contributed by atoms with Crippen LogP contribution >= 0.6 is 0 Å². The zero-order valence-electron chi connectivity index (χ0n) is 14.6. The molecule has 1 N–H and O–H groups in total. The standard InChI is InChI=1S/C18H22N4O3S/c1-2-15-3-6-17(7-4-15)26(24,25)20-16-5-8-18(19-13-16)22-11-9-21(14-23)10-12-22/h3-8,13-14,20H,2,9-12H2,1H3. The molecule has 0 spiro atoms. The van der Waals surface area contributed by atoms with Gasteiger partial charge in [-0.1, -0.05) is 19.1 Å². The number of aryl methyl sites for hydroxylation is 1. The molecule has 0 saturated carbocycles. The smallest absolute Gasteiger partial charge is 0.261 e. The molecule has 1 aliphatic heterocycles. The fraction of sp³-hybridized carbons (Fsp3) is 0.333. The van der Waals surface area contributed by atoms with Gasteiger partial charge in [-0.3, -0.25) is 9.52 Å². The molecule has 0 bridgehead atoms. The number of carbonyl (C=O) groups is 1. The van der Waals surface area contributed by atoms with Crippen LogP contribution in [0.5, 0.6) is 0 Å². The molecule has 2 heterocycles. The number of pyridine rings is 1. The third-order valence-corrected chi connectivity index (χ3v) is 5.83. The first-order valence-corrected chi connectivity index (χ1v) is 10.0. The molecule has 1 aromatic heterocycles. The summed E-state index contributed by atoms with van der Waals surface area (Å²) in [6.07, 6.45) is 3.23. The van der Waals surface area contributed by atoms with E-state index >= 15 is 0 Å². The van der Waals surface area contributed by atoms with Gasteiger partial charge in [0.25, 0.3) is 10.0 Å². The summed E-state index contributed by atoms with van der Waals surface area (Å²) in [6, 6.07) is 10.3. The SMILES string of the molecule is CCc1ccc(S(=O)(=O)Nc2ccc(N3CCN(C=O)CC3)nc2)cc1. The number of benzene rings is 1. The minimum Gasteiger partial charge on any atom is -0.353 e. The highest BCUT2D eigenvalue weighted by Gasteiger charge is 2.18. The van der Waals surface area contributed by atoms with E-state index in [4.69, 9.17) is 0 Å². The predicted octanol–water partition coefficient (Wildman–Crippen LogP) is 1.72. The van der Waals surface area contributed by atoms with Crippen molar-refractivity contribution in [1.29, 1.82) is 0 Å². The van der Waals surface area contributed by atoms with E-state index in [9.17, 15) is 13.2 Å². The lowest BCUT2D eigenvalue weighted by Crippen LogP contribution is -2.46. The van der Waals surface area contributed by atoms with Crippen molar-refractivity contribution in [2.45, 2.75) is 18.2 Å². The Kier molecular flexibility index (Phi) is 5.41. The molecule has 1 fully saturated rings. The maximum atomic E-state index is 12.5. The highest BCUT2D eigenvalue weighted by Crippen LogP contribution is 2.19. The van der Waals surface area contributed by atoms with E-state index in [-0.39, 0.29) is 4.90 Å². The minimum absolute atomic E-state index is 0.226. The summed E-state index contributed by atoms with van der Waals surface area (Å²) < 4.78 is 27.5. The van der Waals surface area contributed by atoms with Gasteiger partial charge in [0.05, 0.1) is 16.8 Å². The molecule has 0 radical (unpaired) electrons. The summed E-state index contributed by atoms with van der Waals surface area (Å²) in [4.78, 5) is 19.1. The van der Waals surface area contributed by atoms with Crippen LogP contribution in [0.3, 0.4) is 0 Å². The summed E-state index contributed by atoms with van der Waals surface area (Å²) in [5.74, 6) is 0.769. The van der Waals surface area contributed by atoms with Crippen LogP contribution < -0.4 is 9.62 Å². The number of carbonyl (C=O) groups excluding carboxylic acids is 1. The van der Waals surface area contributed by atoms with Gasteiger partial charge >= 0.3 is 0 Å². The van der Waals surface area contributed by atoms with Crippen LogP contribution in [0, 0.1) is 0 Å². The van der Waals surface area contributed by atoms with Gasteiger partial charge in [-0.25, -0.2) is 13.4 Å². The maximum Gasteiger partial charge on any atom is 0.261 e. The molecular weight excluding hydrogens is 352 g/mol. The van der Waals surface area contributed by atoms with E-state index in [0.717, 1.165) is 24.2 Å². The molecule has 26 heavy (non-hydrogen) atoms. The number of amides is 1. The van der Waals surface area contributed by atoms with Gasteiger partial charge in [-0.2, -0.15) is 0 Å². The van der Waals surface area contributed by atoms with Gasteiger partial charge in [0.15, 0.2) is 0 Å². The third kappa shape index (κ3) is 4.13. The lowest BCUT2D eigenvalue weighted by atomic mass is 10.2. The van der Waals surface area contributed by atoms with E-state index in [1.165, 1.54) is 6.20 Å². The average molecular weight is 374 g/mol. The van der Waals surface area contributed by atoms with Crippen LogP contribution in [0.1, 0.15) is 12.5 Å². The Bertz CT molecular complexity index is 843. The van der Waals surface area contributed by atoms with Gasteiger partial charge < -0.3 is 9.80 Å². The Morgan fingerprint density at radius 1 is 1.08 bits per heavy atom. The predicted molar refractivity (Wildman–Crippen MR) is 101 cm³/mol. The van der Waals surface area contributed by atoms with E-state index in [1.54, 1.807) is 29.2 Å². The van der Waals surface area contributed by atoms with Crippen LogP contribution in [-0.4, -0.2) is 50.9 Å². The topological polar surface area (TPSA) is 82.6 Å². The second-order valence-corrected chi connectivity index (χ2v) is 7.82. The van der Waals surface area contributed by atoms with Crippen molar-refractivity contribution in [3.05, 3.63) is 48.2 Å². The number of piperazine rings is 1. The van der Waals surface area contributed by atoms with E-state index in [0.29, 0.717) is 31.9 Å². The molecule has 7 nitrogen and oxygen atoms in total. The van der Waals surface area contributed by atoms with Crippen molar-refractivity contribution in [1.82, 2.24) is 9.88 Å². The molecule has 1 aromatic carbocycles. The Morgan fingerprint density at radius 3 is 2.31 bits per heavy atom. The highest BCUT2D eigenvalue weighted by molar-refractivity contribution is 7.92. The van der Waals surface area contributed by atoms with Crippen molar-refractivity contribution in [2.75, 3.05) is 35.8 Å². The molecule has 0 atom stereocenters. The fourth-order valence-electron chi connectivity index (χ4n) is 2.81. The van der Waals surface area contributed by atoms with Crippen molar-refractivity contribution < 1.29 is 13.2 Å². The Labute approximate surface area is 153 Å².